The predicted octanol–water partition coefficient (Wildman–Crippen LogP) is -0.270. The van der Waals surface area contributed by atoms with E-state index in [4.69, 9.17) is 0 Å². The maximum Gasteiger partial charge on any atom is 0.328 e. The Morgan fingerprint density at radius 3 is 2.17 bits per heavy atom. The van der Waals surface area contributed by atoms with Gasteiger partial charge >= 0.3 is 5.69 Å². The van der Waals surface area contributed by atoms with Gasteiger partial charge in [0, 0.05) is 47.2 Å². The molecular weight excluding hydrogens is 332 g/mol. The SMILES string of the molecule is CC(=O)N1CCN(S(=O)(=O)c2ccc3c(c2)n(C)c(=O)n3C)CC1. The zero-order valence-electron chi connectivity index (χ0n) is 13.9. The van der Waals surface area contributed by atoms with Gasteiger partial charge in [-0.2, -0.15) is 4.31 Å². The summed E-state index contributed by atoms with van der Waals surface area (Å²) in [4.78, 5) is 25.1. The highest BCUT2D eigenvalue weighted by Gasteiger charge is 2.29. The fourth-order valence-corrected chi connectivity index (χ4v) is 4.48. The first-order valence-electron chi connectivity index (χ1n) is 7.64. The molecule has 0 bridgehead atoms. The van der Waals surface area contributed by atoms with Gasteiger partial charge in [0.25, 0.3) is 0 Å². The number of benzene rings is 1. The van der Waals surface area contributed by atoms with Crippen LogP contribution in [0.3, 0.4) is 0 Å². The van der Waals surface area contributed by atoms with Crippen molar-refractivity contribution < 1.29 is 13.2 Å². The maximum absolute atomic E-state index is 12.8. The Kier molecular flexibility index (Phi) is 4.00. The summed E-state index contributed by atoms with van der Waals surface area (Å²) in [6, 6.07) is 4.70. The number of amides is 1. The quantitative estimate of drug-likeness (QED) is 0.745. The number of piperazine rings is 1. The number of aryl methyl sites for hydroxylation is 2. The Morgan fingerprint density at radius 2 is 1.58 bits per heavy atom. The van der Waals surface area contributed by atoms with Gasteiger partial charge in [-0.15, -0.1) is 0 Å². The van der Waals surface area contributed by atoms with E-state index in [0.717, 1.165) is 0 Å². The van der Waals surface area contributed by atoms with Crippen molar-refractivity contribution in [1.29, 1.82) is 0 Å². The van der Waals surface area contributed by atoms with E-state index in [9.17, 15) is 18.0 Å². The molecule has 8 nitrogen and oxygen atoms in total. The Bertz CT molecular complexity index is 965. The summed E-state index contributed by atoms with van der Waals surface area (Å²) in [5.74, 6) is -0.0484. The van der Waals surface area contributed by atoms with Gasteiger partial charge < -0.3 is 4.90 Å². The molecule has 3 rings (SSSR count). The number of carbonyl (C=O) groups is 1. The molecule has 1 aromatic heterocycles. The first kappa shape index (κ1) is 16.7. The molecule has 1 fully saturated rings. The molecule has 130 valence electrons. The zero-order valence-corrected chi connectivity index (χ0v) is 14.7. The van der Waals surface area contributed by atoms with Crippen LogP contribution in [0, 0.1) is 0 Å². The van der Waals surface area contributed by atoms with Crippen LogP contribution in [0.4, 0.5) is 0 Å². The van der Waals surface area contributed by atoms with Crippen LogP contribution in [0.5, 0.6) is 0 Å². The van der Waals surface area contributed by atoms with Gasteiger partial charge in [-0.25, -0.2) is 13.2 Å². The van der Waals surface area contributed by atoms with Gasteiger partial charge in [0.2, 0.25) is 15.9 Å². The van der Waals surface area contributed by atoms with E-state index < -0.39 is 10.0 Å². The van der Waals surface area contributed by atoms with Crippen molar-refractivity contribution in [3.05, 3.63) is 28.7 Å². The second-order valence-electron chi connectivity index (χ2n) is 5.96. The minimum Gasteiger partial charge on any atom is -0.340 e. The van der Waals surface area contributed by atoms with Crippen molar-refractivity contribution in [1.82, 2.24) is 18.3 Å². The molecule has 1 amide bonds. The molecule has 1 aliphatic rings. The molecule has 0 saturated carbocycles. The third-order valence-electron chi connectivity index (χ3n) is 4.57. The summed E-state index contributed by atoms with van der Waals surface area (Å²) in [5.41, 5.74) is 1.06. The molecule has 0 N–H and O–H groups in total. The van der Waals surface area contributed by atoms with E-state index in [2.05, 4.69) is 0 Å². The van der Waals surface area contributed by atoms with Crippen LogP contribution in [-0.4, -0.2) is 58.8 Å². The molecule has 0 atom stereocenters. The Balaban J connectivity index is 1.96. The summed E-state index contributed by atoms with van der Waals surface area (Å²) in [7, 11) is -0.382. The average Bonchev–Trinajstić information content (AvgIpc) is 2.79. The molecule has 1 saturated heterocycles. The minimum atomic E-state index is -3.65. The second-order valence-corrected chi connectivity index (χ2v) is 7.90. The lowest BCUT2D eigenvalue weighted by Gasteiger charge is -2.33. The van der Waals surface area contributed by atoms with E-state index in [0.29, 0.717) is 24.1 Å². The van der Waals surface area contributed by atoms with Crippen molar-refractivity contribution >= 4 is 27.0 Å². The number of hydrogen-bond donors (Lipinski definition) is 0. The number of aromatic nitrogens is 2. The largest absolute Gasteiger partial charge is 0.340 e. The van der Waals surface area contributed by atoms with Crippen LogP contribution in [-0.2, 0) is 28.9 Å². The third kappa shape index (κ3) is 2.53. The fourth-order valence-electron chi connectivity index (χ4n) is 3.04. The highest BCUT2D eigenvalue weighted by molar-refractivity contribution is 7.89. The van der Waals surface area contributed by atoms with Gasteiger partial charge in [-0.1, -0.05) is 0 Å². The van der Waals surface area contributed by atoms with Crippen LogP contribution in [0.2, 0.25) is 0 Å². The first-order chi connectivity index (χ1) is 11.2. The van der Waals surface area contributed by atoms with E-state index in [1.165, 1.54) is 32.5 Å². The summed E-state index contributed by atoms with van der Waals surface area (Å²) in [5, 5.41) is 0. The Morgan fingerprint density at radius 1 is 1.00 bits per heavy atom. The molecule has 1 aliphatic heterocycles. The number of rotatable bonds is 2. The number of imidazole rings is 1. The number of fused-ring (bicyclic) bond motifs is 1. The Hall–Kier alpha value is -2.13. The summed E-state index contributed by atoms with van der Waals surface area (Å²) >= 11 is 0. The molecule has 0 radical (unpaired) electrons. The predicted molar refractivity (Wildman–Crippen MR) is 89.2 cm³/mol. The van der Waals surface area contributed by atoms with Crippen molar-refractivity contribution in [2.45, 2.75) is 11.8 Å². The average molecular weight is 352 g/mol. The van der Waals surface area contributed by atoms with E-state index >= 15 is 0 Å². The van der Waals surface area contributed by atoms with Gasteiger partial charge in [0.1, 0.15) is 0 Å². The monoisotopic (exact) mass is 352 g/mol. The van der Waals surface area contributed by atoms with Gasteiger partial charge in [-0.3, -0.25) is 13.9 Å². The molecule has 9 heteroatoms. The molecule has 24 heavy (non-hydrogen) atoms. The second kappa shape index (κ2) is 5.75. The number of carbonyl (C=O) groups excluding carboxylic acids is 1. The lowest BCUT2D eigenvalue weighted by molar-refractivity contribution is -0.129. The molecule has 2 heterocycles. The highest BCUT2D eigenvalue weighted by atomic mass is 32.2. The summed E-state index contributed by atoms with van der Waals surface area (Å²) in [6.45, 7) is 2.80. The summed E-state index contributed by atoms with van der Waals surface area (Å²) in [6.07, 6.45) is 0. The zero-order chi connectivity index (χ0) is 17.6. The topological polar surface area (TPSA) is 84.6 Å². The van der Waals surface area contributed by atoms with Crippen molar-refractivity contribution in [2.24, 2.45) is 14.1 Å². The van der Waals surface area contributed by atoms with E-state index in [1.807, 2.05) is 0 Å². The third-order valence-corrected chi connectivity index (χ3v) is 6.46. The Labute approximate surface area is 139 Å². The van der Waals surface area contributed by atoms with Crippen molar-refractivity contribution in [2.75, 3.05) is 26.2 Å². The molecule has 1 aromatic carbocycles. The van der Waals surface area contributed by atoms with Crippen LogP contribution in [0.15, 0.2) is 27.9 Å². The number of sulfonamides is 1. The van der Waals surface area contributed by atoms with E-state index in [-0.39, 0.29) is 29.6 Å². The standard InChI is InChI=1S/C15H20N4O4S/c1-11(20)18-6-8-19(9-7-18)24(22,23)12-4-5-13-14(10-12)17(3)15(21)16(13)2/h4-5,10H,6-9H2,1-3H3. The molecular formula is C15H20N4O4S. The normalized spacial score (nSPS) is 16.7. The number of nitrogens with zero attached hydrogens (tertiary/aromatic N) is 4. The van der Waals surface area contributed by atoms with Crippen molar-refractivity contribution in [3.63, 3.8) is 0 Å². The van der Waals surface area contributed by atoms with Crippen LogP contribution >= 0.6 is 0 Å². The smallest absolute Gasteiger partial charge is 0.328 e. The number of hydrogen-bond acceptors (Lipinski definition) is 4. The molecule has 0 unspecified atom stereocenters. The van der Waals surface area contributed by atoms with Gasteiger partial charge in [-0.05, 0) is 18.2 Å². The van der Waals surface area contributed by atoms with Crippen LogP contribution < -0.4 is 5.69 Å². The maximum atomic E-state index is 12.8. The fraction of sp³-hybridized carbons (Fsp3) is 0.467. The first-order valence-corrected chi connectivity index (χ1v) is 9.08. The molecule has 2 aromatic rings. The van der Waals surface area contributed by atoms with E-state index in [1.54, 1.807) is 25.1 Å². The van der Waals surface area contributed by atoms with Gasteiger partial charge in [0.15, 0.2) is 0 Å². The van der Waals surface area contributed by atoms with Crippen LogP contribution in [0.1, 0.15) is 6.92 Å². The van der Waals surface area contributed by atoms with Gasteiger partial charge in [0.05, 0.1) is 15.9 Å². The summed E-state index contributed by atoms with van der Waals surface area (Å²) < 4.78 is 30.0. The minimum absolute atomic E-state index is 0.0484. The van der Waals surface area contributed by atoms with Crippen molar-refractivity contribution in [3.8, 4) is 0 Å². The van der Waals surface area contributed by atoms with Crippen LogP contribution in [0.25, 0.3) is 11.0 Å². The lowest BCUT2D eigenvalue weighted by Crippen LogP contribution is -2.49. The lowest BCUT2D eigenvalue weighted by atomic mass is 10.3. The highest BCUT2D eigenvalue weighted by Crippen LogP contribution is 2.22. The molecule has 0 spiro atoms. The molecule has 0 aliphatic carbocycles.